The van der Waals surface area contributed by atoms with E-state index in [4.69, 9.17) is 0 Å². The van der Waals surface area contributed by atoms with Gasteiger partial charge in [-0.2, -0.15) is 0 Å². The average molecular weight is 552 g/mol. The monoisotopic (exact) mass is 551 g/mol. The van der Waals surface area contributed by atoms with E-state index in [1.54, 1.807) is 30.3 Å². The second-order valence-corrected chi connectivity index (χ2v) is 12.5. The van der Waals surface area contributed by atoms with Crippen LogP contribution < -0.4 is 9.62 Å². The molecule has 7 heteroatoms. The second kappa shape index (κ2) is 11.0. The van der Waals surface area contributed by atoms with Crippen molar-refractivity contribution in [2.45, 2.75) is 56.0 Å². The number of rotatable bonds is 8. The van der Waals surface area contributed by atoms with E-state index in [1.807, 2.05) is 60.4 Å². The number of fused-ring (bicyclic) bond motifs is 1. The predicted molar refractivity (Wildman–Crippen MR) is 156 cm³/mol. The minimum atomic E-state index is -3.69. The quantitative estimate of drug-likeness (QED) is 0.288. The van der Waals surface area contributed by atoms with Crippen LogP contribution in [0.1, 0.15) is 59.3 Å². The lowest BCUT2D eigenvalue weighted by Crippen LogP contribution is -2.34. The summed E-state index contributed by atoms with van der Waals surface area (Å²) in [6, 6.07) is 30.3. The van der Waals surface area contributed by atoms with Crippen molar-refractivity contribution in [1.29, 1.82) is 0 Å². The molecular weight excluding hydrogens is 518 g/mol. The van der Waals surface area contributed by atoms with Crippen LogP contribution in [0.25, 0.3) is 0 Å². The molecule has 0 aliphatic heterocycles. The average Bonchev–Trinajstić information content (AvgIpc) is 3.78. The van der Waals surface area contributed by atoms with Gasteiger partial charge in [0, 0.05) is 23.3 Å². The molecule has 1 aromatic heterocycles. The molecule has 6 nitrogen and oxygen atoms in total. The molecule has 1 heterocycles. The maximum Gasteiger partial charge on any atom is 0.241 e. The Balaban J connectivity index is 1.32. The second-order valence-electron chi connectivity index (χ2n) is 10.8. The topological polar surface area (TPSA) is 79.4 Å². The highest BCUT2D eigenvalue weighted by Crippen LogP contribution is 2.49. The first-order valence-electron chi connectivity index (χ1n) is 13.9. The smallest absolute Gasteiger partial charge is 0.241 e. The molecule has 204 valence electrons. The van der Waals surface area contributed by atoms with Gasteiger partial charge in [-0.3, -0.25) is 9.78 Å². The minimum absolute atomic E-state index is 0.0781. The maximum atomic E-state index is 14.0. The summed E-state index contributed by atoms with van der Waals surface area (Å²) < 4.78 is 29.3. The summed E-state index contributed by atoms with van der Waals surface area (Å²) in [6.45, 7) is 2.31. The third-order valence-electron chi connectivity index (χ3n) is 7.97. The van der Waals surface area contributed by atoms with Crippen molar-refractivity contribution in [2.24, 2.45) is 5.92 Å². The van der Waals surface area contributed by atoms with E-state index in [1.165, 1.54) is 5.56 Å². The number of aromatic nitrogens is 1. The minimum Gasteiger partial charge on any atom is -0.306 e. The fourth-order valence-corrected chi connectivity index (χ4v) is 7.09. The van der Waals surface area contributed by atoms with Crippen molar-refractivity contribution in [3.05, 3.63) is 125 Å². The Morgan fingerprint density at radius 1 is 0.950 bits per heavy atom. The van der Waals surface area contributed by atoms with E-state index in [0.29, 0.717) is 13.0 Å². The summed E-state index contributed by atoms with van der Waals surface area (Å²) in [4.78, 5) is 20.8. The Labute approximate surface area is 236 Å². The van der Waals surface area contributed by atoms with Gasteiger partial charge in [-0.05, 0) is 91.6 Å². The van der Waals surface area contributed by atoms with Crippen molar-refractivity contribution >= 4 is 21.6 Å². The summed E-state index contributed by atoms with van der Waals surface area (Å²) in [6.07, 6.45) is 3.30. The Morgan fingerprint density at radius 2 is 1.70 bits per heavy atom. The highest BCUT2D eigenvalue weighted by atomic mass is 32.2. The first-order chi connectivity index (χ1) is 19.4. The molecule has 2 aliphatic rings. The number of carbonyl (C=O) groups is 1. The van der Waals surface area contributed by atoms with Gasteiger partial charge in [0.2, 0.25) is 15.9 Å². The van der Waals surface area contributed by atoms with Crippen molar-refractivity contribution in [1.82, 2.24) is 9.71 Å². The Hall–Kier alpha value is -3.81. The standard InChI is InChI=1S/C33H33N3O3S/c1-23-10-8-14-26(34-23)22-36(33(37)31-21-29(31)24-11-4-2-5-12-24)27-19-18-25-13-9-17-32(30(25)20-27)35-40(38,39)28-15-6-3-7-16-28/h2-8,10-12,14-16,18-20,29,31-32,35H,9,13,17,21-22H2,1H3. The Bertz CT molecular complexity index is 1620. The van der Waals surface area contributed by atoms with Crippen LogP contribution in [0.5, 0.6) is 0 Å². The molecule has 1 amide bonds. The fraction of sp³-hybridized carbons (Fsp3) is 0.273. The van der Waals surface area contributed by atoms with E-state index in [9.17, 15) is 13.2 Å². The number of carbonyl (C=O) groups excluding carboxylic acids is 1. The van der Waals surface area contributed by atoms with Crippen molar-refractivity contribution in [2.75, 3.05) is 4.90 Å². The summed E-state index contributed by atoms with van der Waals surface area (Å²) in [5.74, 6) is 0.203. The lowest BCUT2D eigenvalue weighted by molar-refractivity contribution is -0.120. The number of hydrogen-bond acceptors (Lipinski definition) is 4. The number of hydrogen-bond donors (Lipinski definition) is 1. The van der Waals surface area contributed by atoms with Gasteiger partial charge < -0.3 is 4.90 Å². The van der Waals surface area contributed by atoms with Crippen LogP contribution in [0.15, 0.2) is 102 Å². The van der Waals surface area contributed by atoms with E-state index in [-0.39, 0.29) is 28.7 Å². The first-order valence-corrected chi connectivity index (χ1v) is 15.4. The lowest BCUT2D eigenvalue weighted by Gasteiger charge is -2.29. The molecular formula is C33H33N3O3S. The van der Waals surface area contributed by atoms with Crippen LogP contribution in [-0.2, 0) is 27.8 Å². The normalized spacial score (nSPS) is 20.0. The third kappa shape index (κ3) is 5.58. The molecule has 0 radical (unpaired) electrons. The van der Waals surface area contributed by atoms with E-state index < -0.39 is 10.0 Å². The molecule has 1 N–H and O–H groups in total. The zero-order valence-corrected chi connectivity index (χ0v) is 23.3. The number of benzene rings is 3. The Kier molecular flexibility index (Phi) is 7.26. The summed E-state index contributed by atoms with van der Waals surface area (Å²) in [5, 5.41) is 0. The third-order valence-corrected chi connectivity index (χ3v) is 9.46. The zero-order valence-electron chi connectivity index (χ0n) is 22.5. The van der Waals surface area contributed by atoms with Gasteiger partial charge in [0.15, 0.2) is 0 Å². The molecule has 4 aromatic rings. The highest BCUT2D eigenvalue weighted by Gasteiger charge is 2.46. The van der Waals surface area contributed by atoms with Gasteiger partial charge >= 0.3 is 0 Å². The Morgan fingerprint density at radius 3 is 2.45 bits per heavy atom. The van der Waals surface area contributed by atoms with Gasteiger partial charge in [-0.15, -0.1) is 0 Å². The van der Waals surface area contributed by atoms with E-state index in [0.717, 1.165) is 47.5 Å². The fourth-order valence-electron chi connectivity index (χ4n) is 5.81. The molecule has 3 unspecified atom stereocenters. The number of nitrogens with zero attached hydrogens (tertiary/aromatic N) is 2. The number of anilines is 1. The summed E-state index contributed by atoms with van der Waals surface area (Å²) in [5.41, 5.74) is 5.74. The number of sulfonamides is 1. The molecule has 0 bridgehead atoms. The van der Waals surface area contributed by atoms with Gasteiger partial charge in [0.1, 0.15) is 0 Å². The van der Waals surface area contributed by atoms with Crippen molar-refractivity contribution < 1.29 is 13.2 Å². The molecule has 40 heavy (non-hydrogen) atoms. The number of amides is 1. The molecule has 3 atom stereocenters. The lowest BCUT2D eigenvalue weighted by atomic mass is 9.87. The van der Waals surface area contributed by atoms with Gasteiger partial charge in [0.25, 0.3) is 0 Å². The molecule has 3 aromatic carbocycles. The molecule has 0 saturated heterocycles. The van der Waals surface area contributed by atoms with Gasteiger partial charge in [0.05, 0.1) is 17.1 Å². The SMILES string of the molecule is Cc1cccc(CN(C(=O)C2CC2c2ccccc2)c2ccc3c(c2)C(NS(=O)(=O)c2ccccc2)CCC3)n1. The van der Waals surface area contributed by atoms with Crippen LogP contribution in [0.4, 0.5) is 5.69 Å². The van der Waals surface area contributed by atoms with Crippen LogP contribution >= 0.6 is 0 Å². The van der Waals surface area contributed by atoms with Crippen LogP contribution in [0.3, 0.4) is 0 Å². The zero-order chi connectivity index (χ0) is 27.7. The maximum absolute atomic E-state index is 14.0. The van der Waals surface area contributed by atoms with Gasteiger partial charge in [-0.1, -0.05) is 60.7 Å². The molecule has 0 spiro atoms. The first kappa shape index (κ1) is 26.4. The molecule has 1 saturated carbocycles. The van der Waals surface area contributed by atoms with Crippen LogP contribution in [-0.4, -0.2) is 19.3 Å². The van der Waals surface area contributed by atoms with E-state index >= 15 is 0 Å². The molecule has 1 fully saturated rings. The predicted octanol–water partition coefficient (Wildman–Crippen LogP) is 6.08. The highest BCUT2D eigenvalue weighted by molar-refractivity contribution is 7.89. The summed E-state index contributed by atoms with van der Waals surface area (Å²) in [7, 11) is -3.69. The number of pyridine rings is 1. The number of aryl methyl sites for hydroxylation is 2. The summed E-state index contributed by atoms with van der Waals surface area (Å²) >= 11 is 0. The van der Waals surface area contributed by atoms with Crippen LogP contribution in [0.2, 0.25) is 0 Å². The molecule has 2 aliphatic carbocycles. The molecule has 6 rings (SSSR count). The van der Waals surface area contributed by atoms with Crippen molar-refractivity contribution in [3.63, 3.8) is 0 Å². The number of nitrogens with one attached hydrogen (secondary N) is 1. The van der Waals surface area contributed by atoms with Crippen LogP contribution in [0, 0.1) is 12.8 Å². The van der Waals surface area contributed by atoms with Crippen molar-refractivity contribution in [3.8, 4) is 0 Å². The largest absolute Gasteiger partial charge is 0.306 e. The van der Waals surface area contributed by atoms with E-state index in [2.05, 4.69) is 27.9 Å². The van der Waals surface area contributed by atoms with Gasteiger partial charge in [-0.25, -0.2) is 13.1 Å².